The van der Waals surface area contributed by atoms with Crippen molar-refractivity contribution in [1.29, 1.82) is 0 Å². The molecule has 1 fully saturated rings. The number of aryl methyl sites for hydroxylation is 1. The Hall–Kier alpha value is -2.95. The van der Waals surface area contributed by atoms with Crippen LogP contribution < -0.4 is 5.32 Å². The van der Waals surface area contributed by atoms with E-state index in [0.717, 1.165) is 12.0 Å². The van der Waals surface area contributed by atoms with Gasteiger partial charge in [-0.15, -0.1) is 0 Å². The zero-order valence-electron chi connectivity index (χ0n) is 14.7. The number of nitrogens with zero attached hydrogens (tertiary/aromatic N) is 3. The van der Waals surface area contributed by atoms with Crippen molar-refractivity contribution in [2.75, 3.05) is 0 Å². The number of carbonyl (C=O) groups is 1. The Morgan fingerprint density at radius 2 is 1.96 bits per heavy atom. The molecule has 5 heteroatoms. The van der Waals surface area contributed by atoms with Gasteiger partial charge in [0.1, 0.15) is 12.7 Å². The minimum absolute atomic E-state index is 0.0538. The number of rotatable bonds is 6. The van der Waals surface area contributed by atoms with Gasteiger partial charge in [-0.1, -0.05) is 54.6 Å². The fraction of sp³-hybridized carbons (Fsp3) is 0.286. The summed E-state index contributed by atoms with van der Waals surface area (Å²) in [6, 6.07) is 18.2. The summed E-state index contributed by atoms with van der Waals surface area (Å²) < 4.78 is 1.75. The van der Waals surface area contributed by atoms with E-state index in [1.165, 1.54) is 17.5 Å². The Morgan fingerprint density at radius 1 is 1.19 bits per heavy atom. The minimum atomic E-state index is -0.122. The van der Waals surface area contributed by atoms with Crippen LogP contribution in [0.2, 0.25) is 0 Å². The first-order valence-electron chi connectivity index (χ1n) is 8.95. The van der Waals surface area contributed by atoms with Gasteiger partial charge in [0.05, 0.1) is 12.6 Å². The van der Waals surface area contributed by atoms with E-state index in [9.17, 15) is 4.79 Å². The molecule has 0 aliphatic heterocycles. The SMILES string of the molecule is Cc1ccccc1[C@@H]1C[C@@H]1C(=O)N[C@H](Cn1cncn1)c1ccccc1. The summed E-state index contributed by atoms with van der Waals surface area (Å²) in [4.78, 5) is 16.9. The minimum Gasteiger partial charge on any atom is -0.347 e. The van der Waals surface area contributed by atoms with Crippen molar-refractivity contribution in [1.82, 2.24) is 20.1 Å². The topological polar surface area (TPSA) is 59.8 Å². The Balaban J connectivity index is 1.48. The fourth-order valence-electron chi connectivity index (χ4n) is 3.54. The van der Waals surface area contributed by atoms with E-state index >= 15 is 0 Å². The molecule has 0 unspecified atom stereocenters. The number of amides is 1. The van der Waals surface area contributed by atoms with Crippen molar-refractivity contribution < 1.29 is 4.79 Å². The molecular formula is C21H22N4O. The Morgan fingerprint density at radius 3 is 2.69 bits per heavy atom. The lowest BCUT2D eigenvalue weighted by Gasteiger charge is -2.19. The predicted molar refractivity (Wildman–Crippen MR) is 99.4 cm³/mol. The molecule has 2 aromatic carbocycles. The second-order valence-corrected chi connectivity index (χ2v) is 6.89. The van der Waals surface area contributed by atoms with E-state index in [4.69, 9.17) is 0 Å². The summed E-state index contributed by atoms with van der Waals surface area (Å²) in [5.74, 6) is 0.504. The maximum Gasteiger partial charge on any atom is 0.224 e. The van der Waals surface area contributed by atoms with Crippen molar-refractivity contribution >= 4 is 5.91 Å². The monoisotopic (exact) mass is 346 g/mol. The van der Waals surface area contributed by atoms with E-state index in [0.29, 0.717) is 12.5 Å². The first-order chi connectivity index (χ1) is 12.7. The zero-order chi connectivity index (χ0) is 17.9. The Kier molecular flexibility index (Phi) is 4.52. The van der Waals surface area contributed by atoms with E-state index in [2.05, 4.69) is 34.5 Å². The van der Waals surface area contributed by atoms with Gasteiger partial charge in [-0.3, -0.25) is 9.48 Å². The van der Waals surface area contributed by atoms with Crippen LogP contribution in [0.4, 0.5) is 0 Å². The summed E-state index contributed by atoms with van der Waals surface area (Å²) in [5.41, 5.74) is 3.62. The summed E-state index contributed by atoms with van der Waals surface area (Å²) in [6.45, 7) is 2.68. The highest BCUT2D eigenvalue weighted by molar-refractivity contribution is 5.83. The van der Waals surface area contributed by atoms with Crippen molar-refractivity contribution in [2.45, 2.75) is 31.8 Å². The molecule has 1 amide bonds. The predicted octanol–water partition coefficient (Wildman–Crippen LogP) is 3.25. The lowest BCUT2D eigenvalue weighted by Crippen LogP contribution is -2.33. The Bertz CT molecular complexity index is 876. The Labute approximate surface area is 153 Å². The van der Waals surface area contributed by atoms with Gasteiger partial charge < -0.3 is 5.32 Å². The molecule has 26 heavy (non-hydrogen) atoms. The normalized spacial score (nSPS) is 19.7. The molecule has 132 valence electrons. The van der Waals surface area contributed by atoms with Crippen molar-refractivity contribution in [2.24, 2.45) is 5.92 Å². The number of carbonyl (C=O) groups excluding carboxylic acids is 1. The van der Waals surface area contributed by atoms with Gasteiger partial charge in [-0.2, -0.15) is 5.10 Å². The molecule has 1 aromatic heterocycles. The fourth-order valence-corrected chi connectivity index (χ4v) is 3.54. The molecule has 3 aromatic rings. The lowest BCUT2D eigenvalue weighted by molar-refractivity contribution is -0.123. The maximum atomic E-state index is 12.9. The first kappa shape index (κ1) is 16.5. The maximum absolute atomic E-state index is 12.9. The van der Waals surface area contributed by atoms with Gasteiger partial charge in [0, 0.05) is 5.92 Å². The first-order valence-corrected chi connectivity index (χ1v) is 8.95. The molecular weight excluding hydrogens is 324 g/mol. The summed E-state index contributed by atoms with van der Waals surface area (Å²) in [6.07, 6.45) is 4.11. The van der Waals surface area contributed by atoms with E-state index in [1.54, 1.807) is 11.0 Å². The van der Waals surface area contributed by atoms with Crippen LogP contribution in [0.3, 0.4) is 0 Å². The van der Waals surface area contributed by atoms with Gasteiger partial charge in [0.25, 0.3) is 0 Å². The second-order valence-electron chi connectivity index (χ2n) is 6.89. The standard InChI is InChI=1S/C21H22N4O/c1-15-7-5-6-10-17(15)18-11-19(18)21(26)24-20(12-25-14-22-13-23-25)16-8-3-2-4-9-16/h2-10,13-14,18-20H,11-12H2,1H3,(H,24,26)/t18-,19-,20+/m0/s1. The van der Waals surface area contributed by atoms with Crippen LogP contribution >= 0.6 is 0 Å². The third kappa shape index (κ3) is 3.52. The molecule has 0 spiro atoms. The molecule has 1 heterocycles. The summed E-state index contributed by atoms with van der Waals surface area (Å²) in [5, 5.41) is 7.40. The molecule has 1 aliphatic rings. The summed E-state index contributed by atoms with van der Waals surface area (Å²) >= 11 is 0. The van der Waals surface area contributed by atoms with Gasteiger partial charge in [-0.25, -0.2) is 4.98 Å². The molecule has 1 saturated carbocycles. The lowest BCUT2D eigenvalue weighted by atomic mass is 10.0. The van der Waals surface area contributed by atoms with Crippen LogP contribution in [0.15, 0.2) is 67.3 Å². The smallest absolute Gasteiger partial charge is 0.224 e. The van der Waals surface area contributed by atoms with Crippen molar-refractivity contribution in [3.05, 3.63) is 83.9 Å². The molecule has 1 N–H and O–H groups in total. The zero-order valence-corrected chi connectivity index (χ0v) is 14.7. The molecule has 4 rings (SSSR count). The van der Waals surface area contributed by atoms with Crippen LogP contribution in [0.1, 0.15) is 35.1 Å². The number of aromatic nitrogens is 3. The average Bonchev–Trinajstić information content (AvgIpc) is 3.30. The van der Waals surface area contributed by atoms with E-state index in [1.807, 2.05) is 42.5 Å². The van der Waals surface area contributed by atoms with Gasteiger partial charge in [-0.05, 0) is 36.0 Å². The summed E-state index contributed by atoms with van der Waals surface area (Å²) in [7, 11) is 0. The highest BCUT2D eigenvalue weighted by atomic mass is 16.2. The molecule has 0 radical (unpaired) electrons. The molecule has 0 bridgehead atoms. The van der Waals surface area contributed by atoms with Gasteiger partial charge >= 0.3 is 0 Å². The van der Waals surface area contributed by atoms with Crippen LogP contribution in [-0.2, 0) is 11.3 Å². The van der Waals surface area contributed by atoms with E-state index in [-0.39, 0.29) is 17.9 Å². The van der Waals surface area contributed by atoms with Gasteiger partial charge in [0.2, 0.25) is 5.91 Å². The molecule has 1 aliphatic carbocycles. The average molecular weight is 346 g/mol. The van der Waals surface area contributed by atoms with Crippen LogP contribution in [0.25, 0.3) is 0 Å². The quantitative estimate of drug-likeness (QED) is 0.745. The molecule has 5 nitrogen and oxygen atoms in total. The largest absolute Gasteiger partial charge is 0.347 e. The van der Waals surface area contributed by atoms with Crippen LogP contribution in [-0.4, -0.2) is 20.7 Å². The highest BCUT2D eigenvalue weighted by Gasteiger charge is 2.44. The van der Waals surface area contributed by atoms with E-state index < -0.39 is 0 Å². The molecule has 3 atom stereocenters. The van der Waals surface area contributed by atoms with Crippen molar-refractivity contribution in [3.63, 3.8) is 0 Å². The number of hydrogen-bond acceptors (Lipinski definition) is 3. The van der Waals surface area contributed by atoms with Crippen molar-refractivity contribution in [3.8, 4) is 0 Å². The van der Waals surface area contributed by atoms with Gasteiger partial charge in [0.15, 0.2) is 0 Å². The van der Waals surface area contributed by atoms with Crippen LogP contribution in [0, 0.1) is 12.8 Å². The molecule has 0 saturated heterocycles. The third-order valence-corrected chi connectivity index (χ3v) is 5.07. The number of benzene rings is 2. The second kappa shape index (κ2) is 7.12. The third-order valence-electron chi connectivity index (χ3n) is 5.07. The van der Waals surface area contributed by atoms with Crippen LogP contribution in [0.5, 0.6) is 0 Å². The number of nitrogens with one attached hydrogen (secondary N) is 1. The highest BCUT2D eigenvalue weighted by Crippen LogP contribution is 2.48. The number of hydrogen-bond donors (Lipinski definition) is 1.